The molecule has 1 atom stereocenters. The van der Waals surface area contributed by atoms with E-state index in [1.165, 1.54) is 29.9 Å². The first kappa shape index (κ1) is 18.7. The van der Waals surface area contributed by atoms with Gasteiger partial charge in [-0.2, -0.15) is 5.10 Å². The van der Waals surface area contributed by atoms with Crippen LogP contribution in [0, 0.1) is 0 Å². The molecule has 2 aliphatic heterocycles. The van der Waals surface area contributed by atoms with Crippen LogP contribution < -0.4 is 0 Å². The van der Waals surface area contributed by atoms with E-state index in [0.717, 1.165) is 52.5 Å². The summed E-state index contributed by atoms with van der Waals surface area (Å²) in [5.41, 5.74) is 2.69. The van der Waals surface area contributed by atoms with Gasteiger partial charge in [-0.05, 0) is 33.2 Å². The summed E-state index contributed by atoms with van der Waals surface area (Å²) in [7, 11) is 0. The Bertz CT molecular complexity index is 718. The average Bonchev–Trinajstić information content (AvgIpc) is 3.32. The standard InChI is InChI=1S/C20H32N6O/c1-16(2)26-7-5-21-19(26)15-25-6-3-4-17(13-25)20-18(12-22-23-20)14-24-8-10-27-11-9-24/h5,7,12,16-17H,3-4,6,8-11,13-15H2,1-2H3,(H,22,23). The zero-order valence-corrected chi connectivity index (χ0v) is 16.6. The fourth-order valence-corrected chi connectivity index (χ4v) is 4.37. The first-order valence-electron chi connectivity index (χ1n) is 10.3. The minimum atomic E-state index is 0.454. The molecule has 2 saturated heterocycles. The molecule has 27 heavy (non-hydrogen) atoms. The van der Waals surface area contributed by atoms with E-state index in [9.17, 15) is 0 Å². The predicted molar refractivity (Wildman–Crippen MR) is 105 cm³/mol. The van der Waals surface area contributed by atoms with E-state index >= 15 is 0 Å². The van der Waals surface area contributed by atoms with Gasteiger partial charge in [-0.15, -0.1) is 0 Å². The van der Waals surface area contributed by atoms with Crippen LogP contribution in [-0.4, -0.2) is 68.9 Å². The molecule has 2 fully saturated rings. The molecule has 2 aromatic rings. The van der Waals surface area contributed by atoms with E-state index in [2.05, 4.69) is 49.6 Å². The average molecular weight is 373 g/mol. The van der Waals surface area contributed by atoms with Crippen LogP contribution in [0.3, 0.4) is 0 Å². The summed E-state index contributed by atoms with van der Waals surface area (Å²) in [4.78, 5) is 9.62. The lowest BCUT2D eigenvalue weighted by molar-refractivity contribution is 0.0339. The Labute approximate surface area is 161 Å². The highest BCUT2D eigenvalue weighted by atomic mass is 16.5. The molecule has 7 heteroatoms. The van der Waals surface area contributed by atoms with Crippen molar-refractivity contribution in [2.75, 3.05) is 39.4 Å². The van der Waals surface area contributed by atoms with Crippen molar-refractivity contribution in [1.29, 1.82) is 0 Å². The molecule has 0 saturated carbocycles. The number of aromatic amines is 1. The third-order valence-corrected chi connectivity index (χ3v) is 5.83. The summed E-state index contributed by atoms with van der Waals surface area (Å²) in [6, 6.07) is 0.454. The second-order valence-electron chi connectivity index (χ2n) is 8.12. The van der Waals surface area contributed by atoms with Gasteiger partial charge in [0.05, 0.1) is 26.0 Å². The van der Waals surface area contributed by atoms with Crippen molar-refractivity contribution in [3.8, 4) is 0 Å². The van der Waals surface area contributed by atoms with Gasteiger partial charge < -0.3 is 9.30 Å². The Balaban J connectivity index is 1.41. The molecule has 0 radical (unpaired) electrons. The number of rotatable bonds is 6. The Morgan fingerprint density at radius 2 is 2.04 bits per heavy atom. The van der Waals surface area contributed by atoms with Crippen LogP contribution in [0.4, 0.5) is 0 Å². The van der Waals surface area contributed by atoms with Crippen molar-refractivity contribution in [1.82, 2.24) is 29.5 Å². The Kier molecular flexibility index (Phi) is 5.90. The second kappa shape index (κ2) is 8.54. The third kappa shape index (κ3) is 4.42. The van der Waals surface area contributed by atoms with E-state index in [0.29, 0.717) is 12.0 Å². The van der Waals surface area contributed by atoms with E-state index in [4.69, 9.17) is 4.74 Å². The molecule has 0 spiro atoms. The highest BCUT2D eigenvalue weighted by Gasteiger charge is 2.26. The molecule has 0 aromatic carbocycles. The van der Waals surface area contributed by atoms with Crippen molar-refractivity contribution in [2.45, 2.75) is 51.7 Å². The summed E-state index contributed by atoms with van der Waals surface area (Å²) < 4.78 is 7.76. The van der Waals surface area contributed by atoms with Crippen LogP contribution in [0.5, 0.6) is 0 Å². The maximum Gasteiger partial charge on any atom is 0.123 e. The molecule has 148 valence electrons. The monoisotopic (exact) mass is 372 g/mol. The molecular formula is C20H32N6O. The van der Waals surface area contributed by atoms with Gasteiger partial charge in [-0.1, -0.05) is 0 Å². The molecule has 1 N–H and O–H groups in total. The lowest BCUT2D eigenvalue weighted by atomic mass is 9.92. The zero-order chi connectivity index (χ0) is 18.6. The Hall–Kier alpha value is -1.70. The number of imidazole rings is 1. The number of ether oxygens (including phenoxy) is 1. The molecule has 0 bridgehead atoms. The predicted octanol–water partition coefficient (Wildman–Crippen LogP) is 2.40. The summed E-state index contributed by atoms with van der Waals surface area (Å²) >= 11 is 0. The zero-order valence-electron chi connectivity index (χ0n) is 16.6. The summed E-state index contributed by atoms with van der Waals surface area (Å²) in [6.07, 6.45) is 8.49. The Morgan fingerprint density at radius 1 is 1.19 bits per heavy atom. The van der Waals surface area contributed by atoms with Crippen LogP contribution in [0.2, 0.25) is 0 Å². The number of hydrogen-bond donors (Lipinski definition) is 1. The number of likely N-dealkylation sites (tertiary alicyclic amines) is 1. The van der Waals surface area contributed by atoms with Gasteiger partial charge >= 0.3 is 0 Å². The lowest BCUT2D eigenvalue weighted by Gasteiger charge is -2.33. The second-order valence-corrected chi connectivity index (χ2v) is 8.12. The van der Waals surface area contributed by atoms with E-state index in [-0.39, 0.29) is 0 Å². The number of nitrogens with one attached hydrogen (secondary N) is 1. The van der Waals surface area contributed by atoms with Crippen LogP contribution >= 0.6 is 0 Å². The highest BCUT2D eigenvalue weighted by Crippen LogP contribution is 2.29. The smallest absolute Gasteiger partial charge is 0.123 e. The van der Waals surface area contributed by atoms with Crippen molar-refractivity contribution >= 4 is 0 Å². The minimum absolute atomic E-state index is 0.454. The van der Waals surface area contributed by atoms with Gasteiger partial charge in [0.2, 0.25) is 0 Å². The van der Waals surface area contributed by atoms with Crippen LogP contribution in [0.1, 0.15) is 55.7 Å². The molecule has 7 nitrogen and oxygen atoms in total. The maximum atomic E-state index is 5.48. The van der Waals surface area contributed by atoms with Crippen molar-refractivity contribution in [2.24, 2.45) is 0 Å². The summed E-state index contributed by atoms with van der Waals surface area (Å²) in [5.74, 6) is 1.70. The maximum absolute atomic E-state index is 5.48. The van der Waals surface area contributed by atoms with Gasteiger partial charge in [0, 0.05) is 61.8 Å². The van der Waals surface area contributed by atoms with Gasteiger partial charge in [-0.25, -0.2) is 4.98 Å². The topological polar surface area (TPSA) is 62.2 Å². The summed E-state index contributed by atoms with van der Waals surface area (Å²) in [6.45, 7) is 12.3. The van der Waals surface area contributed by atoms with Gasteiger partial charge in [0.1, 0.15) is 5.82 Å². The van der Waals surface area contributed by atoms with E-state index < -0.39 is 0 Å². The number of H-pyrrole nitrogens is 1. The van der Waals surface area contributed by atoms with E-state index in [1.54, 1.807) is 0 Å². The fourth-order valence-electron chi connectivity index (χ4n) is 4.37. The normalized spacial score (nSPS) is 22.6. The Morgan fingerprint density at radius 3 is 2.85 bits per heavy atom. The van der Waals surface area contributed by atoms with Crippen LogP contribution in [0.25, 0.3) is 0 Å². The molecular weight excluding hydrogens is 340 g/mol. The van der Waals surface area contributed by atoms with Gasteiger partial charge in [0.25, 0.3) is 0 Å². The first-order valence-corrected chi connectivity index (χ1v) is 10.3. The number of nitrogens with zero attached hydrogens (tertiary/aromatic N) is 5. The molecule has 1 unspecified atom stereocenters. The number of aromatic nitrogens is 4. The lowest BCUT2D eigenvalue weighted by Crippen LogP contribution is -2.37. The van der Waals surface area contributed by atoms with Crippen LogP contribution in [0.15, 0.2) is 18.6 Å². The fraction of sp³-hybridized carbons (Fsp3) is 0.700. The molecule has 0 amide bonds. The number of piperidine rings is 1. The first-order chi connectivity index (χ1) is 13.2. The largest absolute Gasteiger partial charge is 0.379 e. The highest BCUT2D eigenvalue weighted by molar-refractivity contribution is 5.21. The van der Waals surface area contributed by atoms with E-state index in [1.807, 2.05) is 12.4 Å². The molecule has 4 heterocycles. The van der Waals surface area contributed by atoms with Gasteiger partial charge in [-0.3, -0.25) is 14.9 Å². The van der Waals surface area contributed by atoms with Gasteiger partial charge in [0.15, 0.2) is 0 Å². The number of hydrogen-bond acceptors (Lipinski definition) is 5. The summed E-state index contributed by atoms with van der Waals surface area (Å²) in [5, 5.41) is 7.70. The molecule has 2 aromatic heterocycles. The van der Waals surface area contributed by atoms with Crippen molar-refractivity contribution in [3.05, 3.63) is 35.7 Å². The molecule has 0 aliphatic carbocycles. The van der Waals surface area contributed by atoms with Crippen molar-refractivity contribution < 1.29 is 4.74 Å². The molecule has 2 aliphatic rings. The van der Waals surface area contributed by atoms with Crippen LogP contribution in [-0.2, 0) is 17.8 Å². The minimum Gasteiger partial charge on any atom is -0.379 e. The molecule has 4 rings (SSSR count). The van der Waals surface area contributed by atoms with Crippen molar-refractivity contribution in [3.63, 3.8) is 0 Å². The number of morpholine rings is 1. The third-order valence-electron chi connectivity index (χ3n) is 5.83. The SMILES string of the molecule is CC(C)n1ccnc1CN1CCCC(c2[nH]ncc2CN2CCOCC2)C1. The quantitative estimate of drug-likeness (QED) is 0.844.